The number of nitro benzene ring substituents is 1. The van der Waals surface area contributed by atoms with Crippen LogP contribution in [0, 0.1) is 10.1 Å². The smallest absolute Gasteiger partial charge is 0.270 e. The molecule has 166 valence electrons. The summed E-state index contributed by atoms with van der Waals surface area (Å²) < 4.78 is 7.29. The molecule has 3 aromatic rings. The standard InChI is InChI=1S/C22H21ClN4O5/c23-17-1-4-19(5-2-17)32-15-22(29)25-11-9-24(10-12-25)21(28)14-26-8-7-16-13-18(27(30)31)3-6-20(16)26/h1-8,13H,9-12,14-15H2. The molecule has 4 rings (SSSR count). The molecule has 0 atom stereocenters. The Morgan fingerprint density at radius 1 is 0.969 bits per heavy atom. The molecule has 0 saturated carbocycles. The molecule has 0 N–H and O–H groups in total. The molecule has 1 aromatic heterocycles. The SMILES string of the molecule is O=C(COc1ccc(Cl)cc1)N1CCN(C(=O)Cn2ccc3cc([N+](=O)[O-])ccc32)CC1. The second-order valence-electron chi connectivity index (χ2n) is 7.45. The number of aromatic nitrogens is 1. The number of benzene rings is 2. The maximum Gasteiger partial charge on any atom is 0.270 e. The Kier molecular flexibility index (Phi) is 6.27. The third-order valence-corrected chi connectivity index (χ3v) is 5.68. The molecule has 1 aliphatic rings. The summed E-state index contributed by atoms with van der Waals surface area (Å²) in [7, 11) is 0. The van der Waals surface area contributed by atoms with E-state index in [9.17, 15) is 19.7 Å². The Morgan fingerprint density at radius 3 is 2.28 bits per heavy atom. The van der Waals surface area contributed by atoms with E-state index in [0.717, 1.165) is 5.52 Å². The number of carbonyl (C=O) groups is 2. The van der Waals surface area contributed by atoms with Gasteiger partial charge < -0.3 is 19.1 Å². The Labute approximate surface area is 188 Å². The third kappa shape index (κ3) is 4.83. The summed E-state index contributed by atoms with van der Waals surface area (Å²) in [4.78, 5) is 39.1. The molecule has 0 radical (unpaired) electrons. The predicted molar refractivity (Wildman–Crippen MR) is 119 cm³/mol. The number of rotatable bonds is 6. The Morgan fingerprint density at radius 2 is 1.62 bits per heavy atom. The number of hydrogen-bond acceptors (Lipinski definition) is 5. The van der Waals surface area contributed by atoms with E-state index in [1.165, 1.54) is 12.1 Å². The fourth-order valence-corrected chi connectivity index (χ4v) is 3.78. The quantitative estimate of drug-likeness (QED) is 0.419. The lowest BCUT2D eigenvalue weighted by atomic mass is 10.2. The van der Waals surface area contributed by atoms with Gasteiger partial charge in [0.05, 0.1) is 4.92 Å². The molecular formula is C22H21ClN4O5. The molecule has 9 nitrogen and oxygen atoms in total. The van der Waals surface area contributed by atoms with Crippen LogP contribution in [0.25, 0.3) is 10.9 Å². The normalized spacial score (nSPS) is 13.9. The van der Waals surface area contributed by atoms with Crippen molar-refractivity contribution in [3.05, 3.63) is 69.9 Å². The highest BCUT2D eigenvalue weighted by molar-refractivity contribution is 6.30. The number of halogens is 1. The number of carbonyl (C=O) groups excluding carboxylic acids is 2. The Bertz CT molecular complexity index is 1150. The topological polar surface area (TPSA) is 97.9 Å². The van der Waals surface area contributed by atoms with Gasteiger partial charge in [0.1, 0.15) is 12.3 Å². The first-order chi connectivity index (χ1) is 15.4. The maximum atomic E-state index is 12.8. The minimum absolute atomic E-state index is 0.0161. The molecule has 2 aromatic carbocycles. The van der Waals surface area contributed by atoms with Crippen molar-refractivity contribution in [2.45, 2.75) is 6.54 Å². The van der Waals surface area contributed by atoms with Crippen LogP contribution in [0.15, 0.2) is 54.7 Å². The van der Waals surface area contributed by atoms with Crippen molar-refractivity contribution < 1.29 is 19.2 Å². The van der Waals surface area contributed by atoms with E-state index in [1.54, 1.807) is 57.0 Å². The second-order valence-corrected chi connectivity index (χ2v) is 7.88. The van der Waals surface area contributed by atoms with Gasteiger partial charge in [-0.05, 0) is 36.4 Å². The largest absolute Gasteiger partial charge is 0.484 e. The summed E-state index contributed by atoms with van der Waals surface area (Å²) in [6.07, 6.45) is 1.75. The van der Waals surface area contributed by atoms with Crippen LogP contribution in [0.3, 0.4) is 0 Å². The zero-order chi connectivity index (χ0) is 22.7. The molecule has 1 saturated heterocycles. The van der Waals surface area contributed by atoms with E-state index >= 15 is 0 Å². The van der Waals surface area contributed by atoms with Gasteiger partial charge in [-0.1, -0.05) is 11.6 Å². The molecule has 1 aliphatic heterocycles. The lowest BCUT2D eigenvalue weighted by Gasteiger charge is -2.34. The lowest BCUT2D eigenvalue weighted by Crippen LogP contribution is -2.52. The first kappa shape index (κ1) is 21.6. The molecular weight excluding hydrogens is 436 g/mol. The molecule has 0 aliphatic carbocycles. The van der Waals surface area contributed by atoms with Gasteiger partial charge in [-0.2, -0.15) is 0 Å². The lowest BCUT2D eigenvalue weighted by molar-refractivity contribution is -0.384. The van der Waals surface area contributed by atoms with Crippen LogP contribution >= 0.6 is 11.6 Å². The number of ether oxygens (including phenoxy) is 1. The second kappa shape index (κ2) is 9.27. The fourth-order valence-electron chi connectivity index (χ4n) is 3.66. The molecule has 0 unspecified atom stereocenters. The average molecular weight is 457 g/mol. The van der Waals surface area contributed by atoms with Crippen LogP contribution in [0.2, 0.25) is 5.02 Å². The van der Waals surface area contributed by atoms with Gasteiger partial charge in [-0.15, -0.1) is 0 Å². The highest BCUT2D eigenvalue weighted by Gasteiger charge is 2.24. The van der Waals surface area contributed by atoms with Gasteiger partial charge in [-0.25, -0.2) is 0 Å². The summed E-state index contributed by atoms with van der Waals surface area (Å²) in [6, 6.07) is 13.1. The molecule has 2 amide bonds. The highest BCUT2D eigenvalue weighted by atomic mass is 35.5. The van der Waals surface area contributed by atoms with Crippen LogP contribution in [0.5, 0.6) is 5.75 Å². The maximum absolute atomic E-state index is 12.8. The predicted octanol–water partition coefficient (Wildman–Crippen LogP) is 2.95. The molecule has 1 fully saturated rings. The van der Waals surface area contributed by atoms with Crippen LogP contribution in [-0.2, 0) is 16.1 Å². The number of piperazine rings is 1. The van der Waals surface area contributed by atoms with Gasteiger partial charge >= 0.3 is 0 Å². The number of hydrogen-bond donors (Lipinski definition) is 0. The van der Waals surface area contributed by atoms with E-state index in [2.05, 4.69) is 0 Å². The highest BCUT2D eigenvalue weighted by Crippen LogP contribution is 2.22. The van der Waals surface area contributed by atoms with Crippen LogP contribution in [-0.4, -0.2) is 63.9 Å². The van der Waals surface area contributed by atoms with Crippen LogP contribution < -0.4 is 4.74 Å². The van der Waals surface area contributed by atoms with Gasteiger partial charge in [0.15, 0.2) is 6.61 Å². The van der Waals surface area contributed by atoms with Crippen LogP contribution in [0.1, 0.15) is 0 Å². The molecule has 10 heteroatoms. The summed E-state index contributed by atoms with van der Waals surface area (Å²) in [5, 5.41) is 12.2. The molecule has 32 heavy (non-hydrogen) atoms. The minimum atomic E-state index is -0.441. The molecule has 0 bridgehead atoms. The monoisotopic (exact) mass is 456 g/mol. The molecule has 2 heterocycles. The zero-order valence-corrected chi connectivity index (χ0v) is 17.9. The fraction of sp³-hybridized carbons (Fsp3) is 0.273. The van der Waals surface area contributed by atoms with Gasteiger partial charge in [0.2, 0.25) is 5.91 Å². The van der Waals surface area contributed by atoms with Crippen molar-refractivity contribution in [3.63, 3.8) is 0 Å². The van der Waals surface area contributed by atoms with Crippen molar-refractivity contribution in [3.8, 4) is 5.75 Å². The van der Waals surface area contributed by atoms with E-state index < -0.39 is 4.92 Å². The molecule has 0 spiro atoms. The number of nitro groups is 1. The van der Waals surface area contributed by atoms with E-state index in [0.29, 0.717) is 42.3 Å². The Hall–Kier alpha value is -3.59. The van der Waals surface area contributed by atoms with Crippen molar-refractivity contribution in [2.24, 2.45) is 0 Å². The van der Waals surface area contributed by atoms with Gasteiger partial charge in [-0.3, -0.25) is 19.7 Å². The number of nitrogens with zero attached hydrogens (tertiary/aromatic N) is 4. The van der Waals surface area contributed by atoms with Crippen molar-refractivity contribution >= 4 is 40.0 Å². The van der Waals surface area contributed by atoms with Crippen LogP contribution in [0.4, 0.5) is 5.69 Å². The summed E-state index contributed by atoms with van der Waals surface area (Å²) in [5.41, 5.74) is 0.777. The van der Waals surface area contributed by atoms with Crippen molar-refractivity contribution in [1.29, 1.82) is 0 Å². The number of amides is 2. The summed E-state index contributed by atoms with van der Waals surface area (Å²) in [6.45, 7) is 1.82. The Balaban J connectivity index is 1.29. The number of fused-ring (bicyclic) bond motifs is 1. The minimum Gasteiger partial charge on any atom is -0.484 e. The van der Waals surface area contributed by atoms with Crippen molar-refractivity contribution in [1.82, 2.24) is 14.4 Å². The van der Waals surface area contributed by atoms with E-state index in [-0.39, 0.29) is 30.7 Å². The average Bonchev–Trinajstić information content (AvgIpc) is 3.20. The first-order valence-electron chi connectivity index (χ1n) is 10.1. The summed E-state index contributed by atoms with van der Waals surface area (Å²) in [5.74, 6) is 0.372. The zero-order valence-electron chi connectivity index (χ0n) is 17.1. The third-order valence-electron chi connectivity index (χ3n) is 5.43. The van der Waals surface area contributed by atoms with Gasteiger partial charge in [0.25, 0.3) is 11.6 Å². The van der Waals surface area contributed by atoms with E-state index in [1.807, 2.05) is 0 Å². The first-order valence-corrected chi connectivity index (χ1v) is 10.5. The number of non-ortho nitro benzene ring substituents is 1. The van der Waals surface area contributed by atoms with Gasteiger partial charge in [0, 0.05) is 60.4 Å². The van der Waals surface area contributed by atoms with Crippen molar-refractivity contribution in [2.75, 3.05) is 32.8 Å². The summed E-state index contributed by atoms with van der Waals surface area (Å²) >= 11 is 5.84. The van der Waals surface area contributed by atoms with E-state index in [4.69, 9.17) is 16.3 Å².